The number of sulfonamides is 1. The molecule has 12 heteroatoms. The summed E-state index contributed by atoms with van der Waals surface area (Å²) >= 11 is 5.42. The molecule has 128 valence electrons. The molecule has 0 unspecified atom stereocenters. The SMILES string of the molecule is Cl.NCC(F)(F)CNS(=O)(=O)c1cc(Cl)cc(C(F)(F)F)c1. The molecule has 0 aliphatic carbocycles. The van der Waals surface area contributed by atoms with Gasteiger partial charge in [0.1, 0.15) is 0 Å². The van der Waals surface area contributed by atoms with E-state index in [9.17, 15) is 30.4 Å². The summed E-state index contributed by atoms with van der Waals surface area (Å²) in [4.78, 5) is -0.866. The van der Waals surface area contributed by atoms with Gasteiger partial charge in [0.05, 0.1) is 23.5 Å². The van der Waals surface area contributed by atoms with Gasteiger partial charge in [0.25, 0.3) is 5.92 Å². The van der Waals surface area contributed by atoms with E-state index in [0.717, 1.165) is 6.07 Å². The Morgan fingerprint density at radius 1 is 1.14 bits per heavy atom. The summed E-state index contributed by atoms with van der Waals surface area (Å²) in [7, 11) is -4.58. The number of nitrogens with two attached hydrogens (primary N) is 1. The summed E-state index contributed by atoms with van der Waals surface area (Å²) in [6.07, 6.45) is -4.82. The van der Waals surface area contributed by atoms with E-state index in [1.807, 2.05) is 0 Å². The lowest BCUT2D eigenvalue weighted by Crippen LogP contribution is -2.41. The normalized spacial score (nSPS) is 12.9. The molecule has 0 spiro atoms. The van der Waals surface area contributed by atoms with E-state index in [0.29, 0.717) is 12.1 Å². The molecule has 1 aromatic carbocycles. The zero-order chi connectivity index (χ0) is 16.5. The van der Waals surface area contributed by atoms with Crippen molar-refractivity contribution in [3.8, 4) is 0 Å². The second-order valence-corrected chi connectivity index (χ2v) is 6.26. The highest BCUT2D eigenvalue weighted by atomic mass is 35.5. The van der Waals surface area contributed by atoms with Crippen molar-refractivity contribution >= 4 is 34.0 Å². The average molecular weight is 389 g/mol. The van der Waals surface area contributed by atoms with Crippen LogP contribution in [0.25, 0.3) is 0 Å². The van der Waals surface area contributed by atoms with Crippen LogP contribution in [0.15, 0.2) is 23.1 Å². The Labute approximate surface area is 134 Å². The summed E-state index contributed by atoms with van der Waals surface area (Å²) in [6, 6.07) is 1.55. The fraction of sp³-hybridized carbons (Fsp3) is 0.400. The Bertz CT molecular complexity index is 622. The second kappa shape index (κ2) is 7.26. The van der Waals surface area contributed by atoms with Gasteiger partial charge in [-0.15, -0.1) is 12.4 Å². The Kier molecular flexibility index (Phi) is 7.04. The van der Waals surface area contributed by atoms with Gasteiger partial charge in [-0.1, -0.05) is 11.6 Å². The zero-order valence-corrected chi connectivity index (χ0v) is 13.0. The fourth-order valence-electron chi connectivity index (χ4n) is 1.24. The molecule has 0 aromatic heterocycles. The van der Waals surface area contributed by atoms with Crippen LogP contribution in [-0.2, 0) is 16.2 Å². The molecule has 4 nitrogen and oxygen atoms in total. The lowest BCUT2D eigenvalue weighted by molar-refractivity contribution is -0.137. The summed E-state index contributed by atoms with van der Waals surface area (Å²) in [5, 5.41) is -0.490. The molecule has 0 heterocycles. The summed E-state index contributed by atoms with van der Waals surface area (Å²) in [6.45, 7) is -2.45. The molecule has 0 saturated heterocycles. The van der Waals surface area contributed by atoms with Crippen molar-refractivity contribution in [1.29, 1.82) is 0 Å². The van der Waals surface area contributed by atoms with Crippen molar-refractivity contribution in [3.63, 3.8) is 0 Å². The van der Waals surface area contributed by atoms with Gasteiger partial charge in [0.15, 0.2) is 0 Å². The minimum Gasteiger partial charge on any atom is -0.325 e. The predicted octanol–water partition coefficient (Wildman–Crippen LogP) is 2.65. The van der Waals surface area contributed by atoms with E-state index in [4.69, 9.17) is 17.3 Å². The van der Waals surface area contributed by atoms with Crippen LogP contribution >= 0.6 is 24.0 Å². The van der Waals surface area contributed by atoms with Gasteiger partial charge in [0, 0.05) is 5.02 Å². The van der Waals surface area contributed by atoms with Crippen molar-refractivity contribution < 1.29 is 30.4 Å². The maximum atomic E-state index is 12.9. The third-order valence-electron chi connectivity index (χ3n) is 2.33. The van der Waals surface area contributed by atoms with Crippen LogP contribution in [0.1, 0.15) is 5.56 Å². The molecule has 0 fully saturated rings. The van der Waals surface area contributed by atoms with Gasteiger partial charge in [-0.2, -0.15) is 13.2 Å². The van der Waals surface area contributed by atoms with Gasteiger partial charge in [-0.3, -0.25) is 0 Å². The minimum atomic E-state index is -4.82. The molecule has 0 amide bonds. The van der Waals surface area contributed by atoms with Crippen molar-refractivity contribution in [2.75, 3.05) is 13.1 Å². The lowest BCUT2D eigenvalue weighted by atomic mass is 10.2. The van der Waals surface area contributed by atoms with Crippen LogP contribution in [0.5, 0.6) is 0 Å². The number of hydrogen-bond acceptors (Lipinski definition) is 3. The number of nitrogens with one attached hydrogen (secondary N) is 1. The van der Waals surface area contributed by atoms with Gasteiger partial charge < -0.3 is 5.73 Å². The van der Waals surface area contributed by atoms with Crippen molar-refractivity contribution in [3.05, 3.63) is 28.8 Å². The number of rotatable bonds is 5. The van der Waals surface area contributed by atoms with Crippen molar-refractivity contribution in [2.24, 2.45) is 5.73 Å². The fourth-order valence-corrected chi connectivity index (χ4v) is 2.67. The topological polar surface area (TPSA) is 72.2 Å². The third kappa shape index (κ3) is 5.84. The van der Waals surface area contributed by atoms with E-state index < -0.39 is 50.7 Å². The number of alkyl halides is 5. The maximum Gasteiger partial charge on any atom is 0.416 e. The maximum absolute atomic E-state index is 12.9. The van der Waals surface area contributed by atoms with Gasteiger partial charge in [0.2, 0.25) is 10.0 Å². The first kappa shape index (κ1) is 21.3. The Morgan fingerprint density at radius 3 is 2.14 bits per heavy atom. The van der Waals surface area contributed by atoms with E-state index in [-0.39, 0.29) is 12.4 Å². The van der Waals surface area contributed by atoms with Crippen LogP contribution in [-0.4, -0.2) is 27.4 Å². The molecule has 1 aromatic rings. The quantitative estimate of drug-likeness (QED) is 0.761. The van der Waals surface area contributed by atoms with Gasteiger partial charge in [-0.25, -0.2) is 21.9 Å². The molecule has 0 saturated carbocycles. The first-order valence-corrected chi connectivity index (χ1v) is 7.19. The molecule has 0 atom stereocenters. The monoisotopic (exact) mass is 388 g/mol. The first-order valence-electron chi connectivity index (χ1n) is 5.33. The Hall–Kier alpha value is -0.680. The Morgan fingerprint density at radius 2 is 1.68 bits per heavy atom. The van der Waals surface area contributed by atoms with Crippen LogP contribution in [0.2, 0.25) is 5.02 Å². The lowest BCUT2D eigenvalue weighted by Gasteiger charge is -2.15. The van der Waals surface area contributed by atoms with E-state index in [2.05, 4.69) is 0 Å². The molecule has 0 radical (unpaired) electrons. The molecule has 0 bridgehead atoms. The predicted molar refractivity (Wildman–Crippen MR) is 72.9 cm³/mol. The number of halogens is 7. The largest absolute Gasteiger partial charge is 0.416 e. The second-order valence-electron chi connectivity index (χ2n) is 4.06. The summed E-state index contributed by atoms with van der Waals surface area (Å²) in [5.41, 5.74) is 3.42. The van der Waals surface area contributed by atoms with E-state index >= 15 is 0 Å². The first-order chi connectivity index (χ1) is 9.37. The molecular formula is C10H11Cl2F5N2O2S. The highest BCUT2D eigenvalue weighted by Gasteiger charge is 2.33. The standard InChI is InChI=1S/C10H10ClF5N2O2S.ClH/c11-7-1-6(10(14,15)16)2-8(3-7)21(19,20)18-5-9(12,13)4-17;/h1-3,18H,4-5,17H2;1H. The highest BCUT2D eigenvalue weighted by molar-refractivity contribution is 7.89. The average Bonchev–Trinajstić information content (AvgIpc) is 2.35. The molecule has 3 N–H and O–H groups in total. The molecule has 1 rings (SSSR count). The third-order valence-corrected chi connectivity index (χ3v) is 3.93. The van der Waals surface area contributed by atoms with Crippen molar-refractivity contribution in [1.82, 2.24) is 4.72 Å². The van der Waals surface area contributed by atoms with E-state index in [1.54, 1.807) is 0 Å². The van der Waals surface area contributed by atoms with Crippen LogP contribution in [0, 0.1) is 0 Å². The molecule has 0 aliphatic heterocycles. The van der Waals surface area contributed by atoms with Crippen molar-refractivity contribution in [2.45, 2.75) is 17.0 Å². The van der Waals surface area contributed by atoms with Gasteiger partial charge in [-0.05, 0) is 18.2 Å². The Balaban J connectivity index is 0.00000441. The molecule has 0 aliphatic rings. The molecule has 22 heavy (non-hydrogen) atoms. The smallest absolute Gasteiger partial charge is 0.325 e. The summed E-state index contributed by atoms with van der Waals surface area (Å²) in [5.74, 6) is -3.52. The van der Waals surface area contributed by atoms with Crippen LogP contribution in [0.3, 0.4) is 0 Å². The highest BCUT2D eigenvalue weighted by Crippen LogP contribution is 2.33. The minimum absolute atomic E-state index is 0. The van der Waals surface area contributed by atoms with Crippen LogP contribution in [0.4, 0.5) is 22.0 Å². The summed E-state index contributed by atoms with van der Waals surface area (Å²) < 4.78 is 88.4. The molecular weight excluding hydrogens is 378 g/mol. The number of benzene rings is 1. The zero-order valence-electron chi connectivity index (χ0n) is 10.6. The van der Waals surface area contributed by atoms with Crippen LogP contribution < -0.4 is 10.5 Å². The van der Waals surface area contributed by atoms with Gasteiger partial charge >= 0.3 is 6.18 Å². The van der Waals surface area contributed by atoms with E-state index in [1.165, 1.54) is 4.72 Å². The number of hydrogen-bond donors (Lipinski definition) is 2.